The van der Waals surface area contributed by atoms with Crippen molar-refractivity contribution in [1.82, 2.24) is 9.88 Å². The molecule has 1 aliphatic rings. The fourth-order valence-electron chi connectivity index (χ4n) is 5.78. The molecule has 6 nitrogen and oxygen atoms in total. The van der Waals surface area contributed by atoms with E-state index in [1.54, 1.807) is 31.4 Å². The minimum Gasteiger partial charge on any atom is -0.481 e. The SMILES string of the molecule is COc1nc2ccc(Br)cc2cc1C(c1ccccc1)C(O)(CCN1C(=O)c2ccccc2C1=O)c1ccccc1. The number of amides is 2. The maximum Gasteiger partial charge on any atom is 0.261 e. The minimum atomic E-state index is -1.55. The lowest BCUT2D eigenvalue weighted by molar-refractivity contribution is 0.00270. The molecule has 5 aromatic rings. The fraction of sp³-hybridized carbons (Fsp3) is 0.147. The molecule has 41 heavy (non-hydrogen) atoms. The molecule has 2 atom stereocenters. The summed E-state index contributed by atoms with van der Waals surface area (Å²) in [4.78, 5) is 32.5. The summed E-state index contributed by atoms with van der Waals surface area (Å²) < 4.78 is 6.72. The quantitative estimate of drug-likeness (QED) is 0.199. The molecule has 0 fully saturated rings. The first-order chi connectivity index (χ1) is 19.9. The first kappa shape index (κ1) is 26.9. The van der Waals surface area contributed by atoms with Crippen molar-refractivity contribution in [2.75, 3.05) is 13.7 Å². The van der Waals surface area contributed by atoms with Gasteiger partial charge in [-0.15, -0.1) is 0 Å². The predicted octanol–water partition coefficient (Wildman–Crippen LogP) is 6.71. The zero-order chi connectivity index (χ0) is 28.6. The van der Waals surface area contributed by atoms with Gasteiger partial charge in [-0.25, -0.2) is 4.98 Å². The monoisotopic (exact) mass is 606 g/mol. The van der Waals surface area contributed by atoms with Crippen molar-refractivity contribution < 1.29 is 19.4 Å². The molecule has 2 unspecified atom stereocenters. The van der Waals surface area contributed by atoms with Gasteiger partial charge in [-0.1, -0.05) is 88.7 Å². The molecule has 0 radical (unpaired) electrons. The van der Waals surface area contributed by atoms with E-state index < -0.39 is 11.5 Å². The summed E-state index contributed by atoms with van der Waals surface area (Å²) in [5.41, 5.74) is 2.16. The molecule has 0 bridgehead atoms. The molecule has 0 aliphatic carbocycles. The Balaban J connectivity index is 1.51. The number of aromatic nitrogens is 1. The summed E-state index contributed by atoms with van der Waals surface area (Å²) in [5, 5.41) is 13.8. The van der Waals surface area contributed by atoms with Gasteiger partial charge in [0.1, 0.15) is 5.60 Å². The van der Waals surface area contributed by atoms with E-state index in [9.17, 15) is 14.7 Å². The van der Waals surface area contributed by atoms with E-state index in [4.69, 9.17) is 9.72 Å². The molecule has 6 rings (SSSR count). The van der Waals surface area contributed by atoms with Crippen molar-refractivity contribution in [3.05, 3.63) is 141 Å². The molecular formula is C34H27BrN2O4. The summed E-state index contributed by atoms with van der Waals surface area (Å²) >= 11 is 3.56. The Morgan fingerprint density at radius 2 is 1.46 bits per heavy atom. The molecule has 0 spiro atoms. The Hall–Kier alpha value is -4.33. The van der Waals surface area contributed by atoms with Gasteiger partial charge in [0.25, 0.3) is 11.8 Å². The van der Waals surface area contributed by atoms with E-state index in [1.807, 2.05) is 84.9 Å². The van der Waals surface area contributed by atoms with Crippen molar-refractivity contribution in [3.63, 3.8) is 0 Å². The van der Waals surface area contributed by atoms with Crippen LogP contribution in [0.4, 0.5) is 0 Å². The molecule has 1 aromatic heterocycles. The number of hydrogen-bond donors (Lipinski definition) is 1. The van der Waals surface area contributed by atoms with Crippen LogP contribution in [0.2, 0.25) is 0 Å². The van der Waals surface area contributed by atoms with Gasteiger partial charge in [0, 0.05) is 27.9 Å². The highest BCUT2D eigenvalue weighted by molar-refractivity contribution is 9.10. The number of ether oxygens (including phenoxy) is 1. The molecule has 1 aliphatic heterocycles. The van der Waals surface area contributed by atoms with Crippen LogP contribution in [0, 0.1) is 0 Å². The number of aliphatic hydroxyl groups is 1. The number of imide groups is 1. The fourth-order valence-corrected chi connectivity index (χ4v) is 6.16. The van der Waals surface area contributed by atoms with Crippen LogP contribution in [0.5, 0.6) is 5.88 Å². The van der Waals surface area contributed by atoms with Crippen LogP contribution in [0.25, 0.3) is 10.9 Å². The van der Waals surface area contributed by atoms with Gasteiger partial charge in [0.2, 0.25) is 5.88 Å². The zero-order valence-electron chi connectivity index (χ0n) is 22.3. The molecule has 204 valence electrons. The maximum atomic E-state index is 13.2. The molecular weight excluding hydrogens is 580 g/mol. The smallest absolute Gasteiger partial charge is 0.261 e. The number of pyridine rings is 1. The van der Waals surface area contributed by atoms with Crippen LogP contribution in [0.15, 0.2) is 114 Å². The van der Waals surface area contributed by atoms with Crippen LogP contribution >= 0.6 is 15.9 Å². The van der Waals surface area contributed by atoms with Gasteiger partial charge in [0.05, 0.1) is 23.8 Å². The Morgan fingerprint density at radius 3 is 2.10 bits per heavy atom. The van der Waals surface area contributed by atoms with Gasteiger partial charge in [-0.3, -0.25) is 14.5 Å². The topological polar surface area (TPSA) is 79.7 Å². The number of carbonyl (C=O) groups excluding carboxylic acids is 2. The van der Waals surface area contributed by atoms with E-state index in [0.29, 0.717) is 28.1 Å². The van der Waals surface area contributed by atoms with E-state index in [-0.39, 0.29) is 24.8 Å². The molecule has 2 heterocycles. The number of nitrogens with zero attached hydrogens (tertiary/aromatic N) is 2. The maximum absolute atomic E-state index is 13.2. The second-order valence-corrected chi connectivity index (χ2v) is 11.0. The Bertz CT molecular complexity index is 1720. The number of hydrogen-bond acceptors (Lipinski definition) is 5. The largest absolute Gasteiger partial charge is 0.481 e. The van der Waals surface area contributed by atoms with Crippen molar-refractivity contribution in [3.8, 4) is 5.88 Å². The molecule has 2 amide bonds. The van der Waals surface area contributed by atoms with Crippen molar-refractivity contribution in [1.29, 1.82) is 0 Å². The summed E-state index contributed by atoms with van der Waals surface area (Å²) in [6.45, 7) is 0.0238. The molecule has 7 heteroatoms. The number of benzene rings is 4. The van der Waals surface area contributed by atoms with Gasteiger partial charge >= 0.3 is 0 Å². The van der Waals surface area contributed by atoms with Gasteiger partial charge in [-0.05, 0) is 53.9 Å². The van der Waals surface area contributed by atoms with Crippen molar-refractivity contribution in [2.24, 2.45) is 0 Å². The first-order valence-corrected chi connectivity index (χ1v) is 14.1. The average Bonchev–Trinajstić information content (AvgIpc) is 3.25. The van der Waals surface area contributed by atoms with Crippen LogP contribution in [-0.4, -0.2) is 40.5 Å². The van der Waals surface area contributed by atoms with Gasteiger partial charge in [0.15, 0.2) is 0 Å². The van der Waals surface area contributed by atoms with Gasteiger partial charge in [-0.2, -0.15) is 0 Å². The second kappa shape index (κ2) is 10.9. The van der Waals surface area contributed by atoms with E-state index in [1.165, 1.54) is 4.90 Å². The predicted molar refractivity (Wildman–Crippen MR) is 161 cm³/mol. The number of halogens is 1. The number of carbonyl (C=O) groups is 2. The standard InChI is InChI=1S/C34H27BrN2O4/c1-41-31-28(21-23-20-25(35)16-17-29(23)36-31)30(22-10-4-2-5-11-22)34(40,24-12-6-3-7-13-24)18-19-37-32(38)26-14-8-9-15-27(26)33(37)39/h2-17,20-21,30,40H,18-19H2,1H3. The minimum absolute atomic E-state index is 0.0238. The third-order valence-electron chi connectivity index (χ3n) is 7.75. The number of methoxy groups -OCH3 is 1. The van der Waals surface area contributed by atoms with Crippen LogP contribution in [-0.2, 0) is 5.60 Å². The summed E-state index contributed by atoms with van der Waals surface area (Å²) in [5.74, 6) is -0.963. The van der Waals surface area contributed by atoms with Crippen LogP contribution < -0.4 is 4.74 Å². The molecule has 0 saturated carbocycles. The highest BCUT2D eigenvalue weighted by Crippen LogP contribution is 2.47. The van der Waals surface area contributed by atoms with Crippen molar-refractivity contribution >= 4 is 38.6 Å². The Morgan fingerprint density at radius 1 is 0.854 bits per heavy atom. The first-order valence-electron chi connectivity index (χ1n) is 13.3. The number of rotatable bonds is 8. The zero-order valence-corrected chi connectivity index (χ0v) is 23.9. The Kier molecular flexibility index (Phi) is 7.15. The number of fused-ring (bicyclic) bond motifs is 2. The van der Waals surface area contributed by atoms with E-state index >= 15 is 0 Å². The second-order valence-electron chi connectivity index (χ2n) is 10.1. The lowest BCUT2D eigenvalue weighted by atomic mass is 9.71. The molecule has 4 aromatic carbocycles. The average molecular weight is 608 g/mol. The lowest BCUT2D eigenvalue weighted by Crippen LogP contribution is -2.40. The normalized spacial score (nSPS) is 15.0. The van der Waals surface area contributed by atoms with Crippen LogP contribution in [0.1, 0.15) is 49.7 Å². The Labute approximate surface area is 246 Å². The third kappa shape index (κ3) is 4.81. The highest BCUT2D eigenvalue weighted by atomic mass is 79.9. The molecule has 1 N–H and O–H groups in total. The van der Waals surface area contributed by atoms with Crippen LogP contribution in [0.3, 0.4) is 0 Å². The van der Waals surface area contributed by atoms with E-state index in [0.717, 1.165) is 20.9 Å². The summed E-state index contributed by atoms with van der Waals surface area (Å²) in [6.07, 6.45) is 0.0850. The molecule has 0 saturated heterocycles. The highest BCUT2D eigenvalue weighted by Gasteiger charge is 2.44. The third-order valence-corrected chi connectivity index (χ3v) is 8.25. The van der Waals surface area contributed by atoms with Crippen molar-refractivity contribution in [2.45, 2.75) is 17.9 Å². The lowest BCUT2D eigenvalue weighted by Gasteiger charge is -2.39. The van der Waals surface area contributed by atoms with Gasteiger partial charge < -0.3 is 9.84 Å². The summed E-state index contributed by atoms with van der Waals surface area (Å²) in [6, 6.07) is 33.7. The summed E-state index contributed by atoms with van der Waals surface area (Å²) in [7, 11) is 1.57. The van der Waals surface area contributed by atoms with E-state index in [2.05, 4.69) is 15.9 Å².